The molecule has 0 unspecified atom stereocenters. The van der Waals surface area contributed by atoms with Crippen molar-refractivity contribution in [1.29, 1.82) is 0 Å². The quantitative estimate of drug-likeness (QED) is 0.689. The molecule has 3 rings (SSSR count). The van der Waals surface area contributed by atoms with E-state index in [1.807, 2.05) is 28.8 Å². The molecule has 0 atom stereocenters. The highest BCUT2D eigenvalue weighted by Gasteiger charge is 2.08. The van der Waals surface area contributed by atoms with Crippen LogP contribution in [0.4, 0.5) is 0 Å². The first kappa shape index (κ1) is 11.9. The minimum Gasteiger partial charge on any atom is -0.497 e. The fourth-order valence-electron chi connectivity index (χ4n) is 1.94. The van der Waals surface area contributed by atoms with Crippen LogP contribution >= 0.6 is 11.6 Å². The fraction of sp³-hybridized carbons (Fsp3) is 0.154. The van der Waals surface area contributed by atoms with Crippen molar-refractivity contribution in [1.82, 2.24) is 19.5 Å². The molecule has 0 aliphatic heterocycles. The largest absolute Gasteiger partial charge is 0.497 e. The molecular weight excluding hydrogens is 264 g/mol. The summed E-state index contributed by atoms with van der Waals surface area (Å²) in [5.41, 5.74) is 2.45. The van der Waals surface area contributed by atoms with Gasteiger partial charge in [-0.25, -0.2) is 15.0 Å². The van der Waals surface area contributed by atoms with Crippen molar-refractivity contribution in [2.24, 2.45) is 0 Å². The van der Waals surface area contributed by atoms with E-state index in [-0.39, 0.29) is 0 Å². The van der Waals surface area contributed by atoms with Crippen molar-refractivity contribution in [3.63, 3.8) is 0 Å². The van der Waals surface area contributed by atoms with Gasteiger partial charge >= 0.3 is 0 Å². The van der Waals surface area contributed by atoms with Gasteiger partial charge in [-0.05, 0) is 17.7 Å². The third kappa shape index (κ3) is 2.24. The number of benzene rings is 1. The summed E-state index contributed by atoms with van der Waals surface area (Å²) in [4.78, 5) is 12.4. The Labute approximate surface area is 114 Å². The number of aromatic nitrogens is 4. The second-order valence-corrected chi connectivity index (χ2v) is 4.42. The highest BCUT2D eigenvalue weighted by Crippen LogP contribution is 2.19. The highest BCUT2D eigenvalue weighted by atomic mass is 35.5. The van der Waals surface area contributed by atoms with Gasteiger partial charge in [0.05, 0.1) is 20.0 Å². The van der Waals surface area contributed by atoms with Gasteiger partial charge in [0.1, 0.15) is 17.6 Å². The number of rotatable bonds is 3. The highest BCUT2D eigenvalue weighted by molar-refractivity contribution is 6.33. The van der Waals surface area contributed by atoms with E-state index in [2.05, 4.69) is 15.0 Å². The Hall–Kier alpha value is -2.14. The van der Waals surface area contributed by atoms with Crippen molar-refractivity contribution in [3.8, 4) is 5.75 Å². The molecule has 5 nitrogen and oxygen atoms in total. The van der Waals surface area contributed by atoms with Crippen LogP contribution in [0.15, 0.2) is 36.9 Å². The molecule has 2 heterocycles. The number of imidazole rings is 1. The van der Waals surface area contributed by atoms with E-state index in [0.29, 0.717) is 17.2 Å². The lowest BCUT2D eigenvalue weighted by atomic mass is 10.2. The molecule has 0 aliphatic rings. The van der Waals surface area contributed by atoms with E-state index in [1.165, 1.54) is 6.33 Å². The lowest BCUT2D eigenvalue weighted by Gasteiger charge is -2.06. The predicted octanol–water partition coefficient (Wildman–Crippen LogP) is 2.54. The first-order valence-electron chi connectivity index (χ1n) is 5.72. The normalized spacial score (nSPS) is 10.8. The van der Waals surface area contributed by atoms with Crippen LogP contribution in [0.1, 0.15) is 5.56 Å². The molecule has 0 radical (unpaired) electrons. The van der Waals surface area contributed by atoms with Crippen molar-refractivity contribution < 1.29 is 4.74 Å². The number of hydrogen-bond donors (Lipinski definition) is 0. The molecule has 6 heteroatoms. The minimum atomic E-state index is 0.370. The summed E-state index contributed by atoms with van der Waals surface area (Å²) in [6.07, 6.45) is 3.15. The van der Waals surface area contributed by atoms with E-state index in [4.69, 9.17) is 16.3 Å². The van der Waals surface area contributed by atoms with Gasteiger partial charge in [0.2, 0.25) is 0 Å². The van der Waals surface area contributed by atoms with Crippen LogP contribution in [0.5, 0.6) is 5.75 Å². The second kappa shape index (κ2) is 4.85. The second-order valence-electron chi connectivity index (χ2n) is 4.06. The molecule has 96 valence electrons. The van der Waals surface area contributed by atoms with Gasteiger partial charge in [0.15, 0.2) is 10.8 Å². The first-order valence-corrected chi connectivity index (χ1v) is 6.10. The zero-order valence-electron chi connectivity index (χ0n) is 10.2. The van der Waals surface area contributed by atoms with Crippen LogP contribution in [-0.2, 0) is 6.54 Å². The molecule has 0 aliphatic carbocycles. The van der Waals surface area contributed by atoms with Gasteiger partial charge in [-0.3, -0.25) is 0 Å². The predicted molar refractivity (Wildman–Crippen MR) is 72.4 cm³/mol. The van der Waals surface area contributed by atoms with E-state index < -0.39 is 0 Å². The van der Waals surface area contributed by atoms with E-state index in [0.717, 1.165) is 17.0 Å². The summed E-state index contributed by atoms with van der Waals surface area (Å²) in [5.74, 6) is 0.828. The molecule has 0 N–H and O–H groups in total. The average Bonchev–Trinajstić information content (AvgIpc) is 2.84. The van der Waals surface area contributed by atoms with Crippen molar-refractivity contribution in [3.05, 3.63) is 47.6 Å². The molecule has 0 saturated heterocycles. The monoisotopic (exact) mass is 274 g/mol. The van der Waals surface area contributed by atoms with Crippen LogP contribution in [0.25, 0.3) is 11.2 Å². The molecule has 2 aromatic heterocycles. The number of ether oxygens (including phenoxy) is 1. The molecule has 0 bridgehead atoms. The van der Waals surface area contributed by atoms with Gasteiger partial charge in [0.25, 0.3) is 0 Å². The van der Waals surface area contributed by atoms with Crippen LogP contribution in [0.2, 0.25) is 5.15 Å². The maximum absolute atomic E-state index is 5.97. The molecular formula is C13H11ClN4O. The summed E-state index contributed by atoms with van der Waals surface area (Å²) >= 11 is 5.97. The van der Waals surface area contributed by atoms with Crippen molar-refractivity contribution >= 4 is 22.8 Å². The Balaban J connectivity index is 1.99. The molecule has 0 amide bonds. The van der Waals surface area contributed by atoms with Crippen molar-refractivity contribution in [2.45, 2.75) is 6.54 Å². The van der Waals surface area contributed by atoms with Gasteiger partial charge in [-0.1, -0.05) is 23.7 Å². The summed E-state index contributed by atoms with van der Waals surface area (Å²) in [6.45, 7) is 0.654. The summed E-state index contributed by atoms with van der Waals surface area (Å²) in [5, 5.41) is 0.370. The van der Waals surface area contributed by atoms with Crippen LogP contribution in [-0.4, -0.2) is 26.6 Å². The minimum absolute atomic E-state index is 0.370. The van der Waals surface area contributed by atoms with E-state index >= 15 is 0 Å². The standard InChI is InChI=1S/C13H11ClN4O/c1-19-10-4-2-3-9(5-10)6-18-8-17-11-12(14)15-7-16-13(11)18/h2-5,7-8H,6H2,1H3. The van der Waals surface area contributed by atoms with Crippen LogP contribution in [0, 0.1) is 0 Å². The molecule has 1 aromatic carbocycles. The van der Waals surface area contributed by atoms with Gasteiger partial charge in [-0.15, -0.1) is 0 Å². The Morgan fingerprint density at radius 3 is 3.00 bits per heavy atom. The Kier molecular flexibility index (Phi) is 3.05. The lowest BCUT2D eigenvalue weighted by molar-refractivity contribution is 0.414. The third-order valence-electron chi connectivity index (χ3n) is 2.84. The molecule has 19 heavy (non-hydrogen) atoms. The number of fused-ring (bicyclic) bond motifs is 1. The SMILES string of the molecule is COc1cccc(Cn2cnc3c(Cl)ncnc32)c1. The zero-order valence-corrected chi connectivity index (χ0v) is 11.0. The molecule has 3 aromatic rings. The smallest absolute Gasteiger partial charge is 0.165 e. The van der Waals surface area contributed by atoms with Crippen molar-refractivity contribution in [2.75, 3.05) is 7.11 Å². The third-order valence-corrected chi connectivity index (χ3v) is 3.12. The number of halogens is 1. The Morgan fingerprint density at radius 2 is 2.16 bits per heavy atom. The fourth-order valence-corrected chi connectivity index (χ4v) is 2.11. The summed E-state index contributed by atoms with van der Waals surface area (Å²) < 4.78 is 7.14. The van der Waals surface area contributed by atoms with Gasteiger partial charge in [-0.2, -0.15) is 0 Å². The summed E-state index contributed by atoms with van der Waals surface area (Å²) in [7, 11) is 1.65. The topological polar surface area (TPSA) is 52.8 Å². The molecule has 0 saturated carbocycles. The number of nitrogens with zero attached hydrogens (tertiary/aromatic N) is 4. The van der Waals surface area contributed by atoms with E-state index in [9.17, 15) is 0 Å². The van der Waals surface area contributed by atoms with Crippen LogP contribution in [0.3, 0.4) is 0 Å². The first-order chi connectivity index (χ1) is 9.28. The zero-order chi connectivity index (χ0) is 13.2. The Morgan fingerprint density at radius 1 is 1.26 bits per heavy atom. The van der Waals surface area contributed by atoms with Gasteiger partial charge in [0, 0.05) is 0 Å². The lowest BCUT2D eigenvalue weighted by Crippen LogP contribution is -1.99. The van der Waals surface area contributed by atoms with Gasteiger partial charge < -0.3 is 9.30 Å². The number of hydrogen-bond acceptors (Lipinski definition) is 4. The Bertz CT molecular complexity index is 725. The average molecular weight is 275 g/mol. The maximum Gasteiger partial charge on any atom is 0.165 e. The molecule has 0 fully saturated rings. The maximum atomic E-state index is 5.97. The van der Waals surface area contributed by atoms with E-state index in [1.54, 1.807) is 13.4 Å². The summed E-state index contributed by atoms with van der Waals surface area (Å²) in [6, 6.07) is 7.87. The van der Waals surface area contributed by atoms with Crippen LogP contribution < -0.4 is 4.74 Å². The molecule has 0 spiro atoms. The number of methoxy groups -OCH3 is 1.